The third-order valence-corrected chi connectivity index (χ3v) is 3.54. The maximum atomic E-state index is 5.52. The van der Waals surface area contributed by atoms with Crippen molar-refractivity contribution in [2.75, 3.05) is 6.54 Å². The molecule has 0 unspecified atom stereocenters. The monoisotopic (exact) mass is 210 g/mol. The van der Waals surface area contributed by atoms with Crippen molar-refractivity contribution in [1.29, 1.82) is 0 Å². The van der Waals surface area contributed by atoms with Gasteiger partial charge < -0.3 is 5.73 Å². The summed E-state index contributed by atoms with van der Waals surface area (Å²) in [5.41, 5.74) is 8.53. The zero-order valence-corrected chi connectivity index (χ0v) is 8.70. The number of aromatic nitrogens is 1. The molecular formula is C9H10N2S2. The standard InChI is InChI=1S/C9H10N2S2/c10-4-3-8-9(11-6-13-8)7-2-1-5-12-7/h1-2,5-6H,3-4,10H2. The van der Waals surface area contributed by atoms with Crippen LogP contribution in [0, 0.1) is 0 Å². The molecule has 0 aliphatic heterocycles. The van der Waals surface area contributed by atoms with Crippen molar-refractivity contribution in [3.8, 4) is 10.6 Å². The number of thiazole rings is 1. The average Bonchev–Trinajstić information content (AvgIpc) is 2.71. The van der Waals surface area contributed by atoms with Crippen LogP contribution in [0.5, 0.6) is 0 Å². The van der Waals surface area contributed by atoms with Crippen molar-refractivity contribution in [3.05, 3.63) is 27.9 Å². The summed E-state index contributed by atoms with van der Waals surface area (Å²) in [4.78, 5) is 6.89. The van der Waals surface area contributed by atoms with Gasteiger partial charge in [-0.2, -0.15) is 0 Å². The van der Waals surface area contributed by atoms with Gasteiger partial charge in [-0.3, -0.25) is 0 Å². The van der Waals surface area contributed by atoms with Gasteiger partial charge in [-0.05, 0) is 24.4 Å². The lowest BCUT2D eigenvalue weighted by molar-refractivity contribution is 0.987. The second-order valence-corrected chi connectivity index (χ2v) is 4.53. The van der Waals surface area contributed by atoms with Crippen LogP contribution in [-0.4, -0.2) is 11.5 Å². The van der Waals surface area contributed by atoms with Crippen molar-refractivity contribution >= 4 is 22.7 Å². The highest BCUT2D eigenvalue weighted by atomic mass is 32.1. The second-order valence-electron chi connectivity index (χ2n) is 2.64. The van der Waals surface area contributed by atoms with E-state index >= 15 is 0 Å². The highest BCUT2D eigenvalue weighted by Crippen LogP contribution is 2.29. The number of nitrogens with zero attached hydrogens (tertiary/aromatic N) is 1. The van der Waals surface area contributed by atoms with Crippen molar-refractivity contribution < 1.29 is 0 Å². The molecule has 68 valence electrons. The molecule has 2 rings (SSSR count). The van der Waals surface area contributed by atoms with E-state index in [-0.39, 0.29) is 0 Å². The minimum Gasteiger partial charge on any atom is -0.330 e. The fourth-order valence-electron chi connectivity index (χ4n) is 1.19. The van der Waals surface area contributed by atoms with E-state index < -0.39 is 0 Å². The van der Waals surface area contributed by atoms with Crippen LogP contribution in [0.2, 0.25) is 0 Å². The molecule has 2 aromatic rings. The summed E-state index contributed by atoms with van der Waals surface area (Å²) in [6.07, 6.45) is 0.928. The lowest BCUT2D eigenvalue weighted by Gasteiger charge is -1.96. The lowest BCUT2D eigenvalue weighted by Crippen LogP contribution is -2.01. The van der Waals surface area contributed by atoms with E-state index in [1.54, 1.807) is 22.7 Å². The molecule has 0 aromatic carbocycles. The Kier molecular flexibility index (Phi) is 2.73. The second kappa shape index (κ2) is 4.00. The van der Waals surface area contributed by atoms with Gasteiger partial charge in [0.2, 0.25) is 0 Å². The molecule has 13 heavy (non-hydrogen) atoms. The summed E-state index contributed by atoms with van der Waals surface area (Å²) < 4.78 is 0. The van der Waals surface area contributed by atoms with Gasteiger partial charge in [-0.15, -0.1) is 22.7 Å². The molecule has 0 aliphatic carbocycles. The SMILES string of the molecule is NCCc1scnc1-c1cccs1. The Bertz CT molecular complexity index is 365. The predicted molar refractivity (Wildman–Crippen MR) is 58.2 cm³/mol. The number of hydrogen-bond acceptors (Lipinski definition) is 4. The molecule has 2 nitrogen and oxygen atoms in total. The van der Waals surface area contributed by atoms with Crippen LogP contribution in [0.4, 0.5) is 0 Å². The van der Waals surface area contributed by atoms with E-state index in [1.807, 2.05) is 11.6 Å². The van der Waals surface area contributed by atoms with E-state index in [0.29, 0.717) is 6.54 Å². The van der Waals surface area contributed by atoms with Crippen molar-refractivity contribution in [3.63, 3.8) is 0 Å². The first-order valence-corrected chi connectivity index (χ1v) is 5.84. The largest absolute Gasteiger partial charge is 0.330 e. The number of rotatable bonds is 3. The highest BCUT2D eigenvalue weighted by molar-refractivity contribution is 7.14. The third kappa shape index (κ3) is 1.80. The molecule has 0 bridgehead atoms. The quantitative estimate of drug-likeness (QED) is 0.844. The Morgan fingerprint density at radius 1 is 1.38 bits per heavy atom. The normalized spacial score (nSPS) is 10.5. The highest BCUT2D eigenvalue weighted by Gasteiger charge is 2.07. The van der Waals surface area contributed by atoms with Gasteiger partial charge in [-0.25, -0.2) is 4.98 Å². The first-order chi connectivity index (χ1) is 6.42. The van der Waals surface area contributed by atoms with Crippen LogP contribution in [0.15, 0.2) is 23.0 Å². The van der Waals surface area contributed by atoms with E-state index in [9.17, 15) is 0 Å². The van der Waals surface area contributed by atoms with Gasteiger partial charge in [0.15, 0.2) is 0 Å². The van der Waals surface area contributed by atoms with Gasteiger partial charge in [-0.1, -0.05) is 6.07 Å². The fourth-order valence-corrected chi connectivity index (χ4v) is 2.80. The minimum atomic E-state index is 0.695. The van der Waals surface area contributed by atoms with Crippen LogP contribution < -0.4 is 5.73 Å². The molecule has 0 saturated heterocycles. The summed E-state index contributed by atoms with van der Waals surface area (Å²) in [5, 5.41) is 2.07. The zero-order valence-electron chi connectivity index (χ0n) is 7.06. The molecule has 0 fully saturated rings. The number of hydrogen-bond donors (Lipinski definition) is 1. The van der Waals surface area contributed by atoms with Crippen molar-refractivity contribution in [2.24, 2.45) is 5.73 Å². The predicted octanol–water partition coefficient (Wildman–Crippen LogP) is 2.37. The van der Waals surface area contributed by atoms with Crippen LogP contribution in [0.1, 0.15) is 4.88 Å². The summed E-state index contributed by atoms with van der Waals surface area (Å²) in [5.74, 6) is 0. The summed E-state index contributed by atoms with van der Waals surface area (Å²) in [6.45, 7) is 0.695. The maximum absolute atomic E-state index is 5.52. The number of nitrogens with two attached hydrogens (primary N) is 1. The first-order valence-electron chi connectivity index (χ1n) is 4.08. The Morgan fingerprint density at radius 3 is 3.00 bits per heavy atom. The van der Waals surface area contributed by atoms with E-state index in [1.165, 1.54) is 9.75 Å². The molecule has 2 N–H and O–H groups in total. The van der Waals surface area contributed by atoms with Crippen molar-refractivity contribution in [1.82, 2.24) is 4.98 Å². The topological polar surface area (TPSA) is 38.9 Å². The van der Waals surface area contributed by atoms with Gasteiger partial charge in [0.1, 0.15) is 0 Å². The molecular weight excluding hydrogens is 200 g/mol. The van der Waals surface area contributed by atoms with Crippen LogP contribution in [0.3, 0.4) is 0 Å². The summed E-state index contributed by atoms with van der Waals surface area (Å²) in [6, 6.07) is 4.14. The molecule has 0 spiro atoms. The molecule has 0 amide bonds. The molecule has 0 saturated carbocycles. The smallest absolute Gasteiger partial charge is 0.0943 e. The Balaban J connectivity index is 2.35. The summed E-state index contributed by atoms with van der Waals surface area (Å²) >= 11 is 3.41. The molecule has 0 aliphatic rings. The van der Waals surface area contributed by atoms with Gasteiger partial charge in [0, 0.05) is 4.88 Å². The van der Waals surface area contributed by atoms with E-state index in [4.69, 9.17) is 5.73 Å². The lowest BCUT2D eigenvalue weighted by atomic mass is 10.2. The summed E-state index contributed by atoms with van der Waals surface area (Å²) in [7, 11) is 0. The van der Waals surface area contributed by atoms with Crippen LogP contribution >= 0.6 is 22.7 Å². The molecule has 0 atom stereocenters. The van der Waals surface area contributed by atoms with Gasteiger partial charge in [0.05, 0.1) is 16.1 Å². The molecule has 2 heterocycles. The maximum Gasteiger partial charge on any atom is 0.0943 e. The first kappa shape index (κ1) is 8.87. The van der Waals surface area contributed by atoms with Gasteiger partial charge >= 0.3 is 0 Å². The molecule has 4 heteroatoms. The van der Waals surface area contributed by atoms with Crippen LogP contribution in [-0.2, 0) is 6.42 Å². The fraction of sp³-hybridized carbons (Fsp3) is 0.222. The average molecular weight is 210 g/mol. The van der Waals surface area contributed by atoms with E-state index in [0.717, 1.165) is 12.1 Å². The van der Waals surface area contributed by atoms with Crippen molar-refractivity contribution in [2.45, 2.75) is 6.42 Å². The Labute approximate surface area is 85.1 Å². The minimum absolute atomic E-state index is 0.695. The van der Waals surface area contributed by atoms with E-state index in [2.05, 4.69) is 16.4 Å². The molecule has 0 radical (unpaired) electrons. The Morgan fingerprint density at radius 2 is 2.31 bits per heavy atom. The molecule has 2 aromatic heterocycles. The zero-order chi connectivity index (χ0) is 9.10. The Hall–Kier alpha value is -0.710. The van der Waals surface area contributed by atoms with Gasteiger partial charge in [0.25, 0.3) is 0 Å². The number of thiophene rings is 1. The van der Waals surface area contributed by atoms with Crippen LogP contribution in [0.25, 0.3) is 10.6 Å². The third-order valence-electron chi connectivity index (χ3n) is 1.77.